The maximum Gasteiger partial charge on any atom is 0.332 e. The zero-order chi connectivity index (χ0) is 21.1. The third kappa shape index (κ3) is 4.19. The molecule has 0 radical (unpaired) electrons. The highest BCUT2D eigenvalue weighted by molar-refractivity contribution is 5.74. The van der Waals surface area contributed by atoms with Gasteiger partial charge in [0, 0.05) is 20.1 Å². The second-order valence-corrected chi connectivity index (χ2v) is 7.16. The fourth-order valence-electron chi connectivity index (χ4n) is 3.03. The SMILES string of the molecule is CC[C@H](C)Nc1nc2c(c(=O)n(C)c(=O)n2C)n1C[C@@H](O)COc1ccccc1. The molecule has 0 amide bonds. The van der Waals surface area contributed by atoms with E-state index in [9.17, 15) is 14.7 Å². The normalized spacial score (nSPS) is 13.4. The van der Waals surface area contributed by atoms with Crippen LogP contribution in [0.15, 0.2) is 39.9 Å². The number of rotatable bonds is 8. The van der Waals surface area contributed by atoms with Gasteiger partial charge < -0.3 is 19.7 Å². The molecule has 0 aliphatic heterocycles. The number of aromatic nitrogens is 4. The van der Waals surface area contributed by atoms with E-state index in [2.05, 4.69) is 10.3 Å². The molecular weight excluding hydrogens is 374 g/mol. The number of fused-ring (bicyclic) bond motifs is 1. The first-order chi connectivity index (χ1) is 13.8. The van der Waals surface area contributed by atoms with E-state index in [4.69, 9.17) is 4.74 Å². The van der Waals surface area contributed by atoms with Crippen molar-refractivity contribution < 1.29 is 9.84 Å². The number of nitrogens with zero attached hydrogens (tertiary/aromatic N) is 4. The Kier molecular flexibility index (Phi) is 6.07. The fraction of sp³-hybridized carbons (Fsp3) is 0.450. The molecular formula is C20H27N5O4. The number of hydrogen-bond acceptors (Lipinski definition) is 6. The summed E-state index contributed by atoms with van der Waals surface area (Å²) in [6, 6.07) is 9.30. The lowest BCUT2D eigenvalue weighted by Crippen LogP contribution is -2.38. The van der Waals surface area contributed by atoms with Gasteiger partial charge in [0.05, 0.1) is 6.54 Å². The standard InChI is InChI=1S/C20H27N5O4/c1-5-13(2)21-19-22-17-16(18(27)24(4)20(28)23(17)3)25(19)11-14(26)12-29-15-9-7-6-8-10-15/h6-10,13-14,26H,5,11-12H2,1-4H3,(H,21,22)/t13-,14+/m0/s1. The molecule has 9 nitrogen and oxygen atoms in total. The maximum absolute atomic E-state index is 12.8. The largest absolute Gasteiger partial charge is 0.491 e. The first kappa shape index (κ1) is 20.7. The summed E-state index contributed by atoms with van der Waals surface area (Å²) in [7, 11) is 3.00. The molecule has 0 aliphatic rings. The van der Waals surface area contributed by atoms with Crippen LogP contribution in [0.25, 0.3) is 11.2 Å². The predicted octanol–water partition coefficient (Wildman–Crippen LogP) is 1.08. The average Bonchev–Trinajstić information content (AvgIpc) is 3.07. The van der Waals surface area contributed by atoms with Gasteiger partial charge in [-0.25, -0.2) is 4.79 Å². The molecule has 0 spiro atoms. The molecule has 0 aliphatic carbocycles. The van der Waals surface area contributed by atoms with Crippen molar-refractivity contribution in [1.29, 1.82) is 0 Å². The van der Waals surface area contributed by atoms with Gasteiger partial charge in [-0.15, -0.1) is 0 Å². The summed E-state index contributed by atoms with van der Waals surface area (Å²) in [5.41, 5.74) is -0.363. The number of aliphatic hydroxyl groups excluding tert-OH is 1. The van der Waals surface area contributed by atoms with E-state index in [0.717, 1.165) is 11.0 Å². The molecule has 156 valence electrons. The number of aliphatic hydroxyl groups is 1. The van der Waals surface area contributed by atoms with E-state index in [1.54, 1.807) is 23.7 Å². The highest BCUT2D eigenvalue weighted by atomic mass is 16.5. The Bertz CT molecular complexity index is 1100. The first-order valence-corrected chi connectivity index (χ1v) is 9.62. The Morgan fingerprint density at radius 2 is 1.86 bits per heavy atom. The van der Waals surface area contributed by atoms with Crippen molar-refractivity contribution in [3.05, 3.63) is 51.2 Å². The number of ether oxygens (including phenoxy) is 1. The summed E-state index contributed by atoms with van der Waals surface area (Å²) in [4.78, 5) is 29.6. The number of aryl methyl sites for hydroxylation is 1. The van der Waals surface area contributed by atoms with Crippen LogP contribution in [0.1, 0.15) is 20.3 Å². The van der Waals surface area contributed by atoms with E-state index in [-0.39, 0.29) is 30.4 Å². The second-order valence-electron chi connectivity index (χ2n) is 7.16. The molecule has 3 rings (SSSR count). The van der Waals surface area contributed by atoms with Crippen molar-refractivity contribution in [1.82, 2.24) is 18.7 Å². The minimum atomic E-state index is -0.882. The highest BCUT2D eigenvalue weighted by Gasteiger charge is 2.21. The smallest absolute Gasteiger partial charge is 0.332 e. The number of nitrogens with one attached hydrogen (secondary N) is 1. The average molecular weight is 401 g/mol. The molecule has 2 aromatic heterocycles. The van der Waals surface area contributed by atoms with Crippen LogP contribution in [0.5, 0.6) is 5.75 Å². The van der Waals surface area contributed by atoms with Gasteiger partial charge in [-0.1, -0.05) is 25.1 Å². The summed E-state index contributed by atoms with van der Waals surface area (Å²) in [6.45, 7) is 4.17. The van der Waals surface area contributed by atoms with E-state index < -0.39 is 17.4 Å². The van der Waals surface area contributed by atoms with Crippen LogP contribution in [0.2, 0.25) is 0 Å². The van der Waals surface area contributed by atoms with Crippen LogP contribution >= 0.6 is 0 Å². The first-order valence-electron chi connectivity index (χ1n) is 9.62. The van der Waals surface area contributed by atoms with Crippen LogP contribution in [-0.4, -0.2) is 42.5 Å². The van der Waals surface area contributed by atoms with Crippen molar-refractivity contribution >= 4 is 17.1 Å². The summed E-state index contributed by atoms with van der Waals surface area (Å²) in [6.07, 6.45) is -0.0353. The van der Waals surface area contributed by atoms with Crippen molar-refractivity contribution in [3.8, 4) is 5.75 Å². The molecule has 9 heteroatoms. The summed E-state index contributed by atoms with van der Waals surface area (Å²) < 4.78 is 9.63. The molecule has 0 saturated carbocycles. The van der Waals surface area contributed by atoms with Crippen molar-refractivity contribution in [2.45, 2.75) is 39.0 Å². The Hall–Kier alpha value is -3.07. The van der Waals surface area contributed by atoms with Crippen LogP contribution in [-0.2, 0) is 20.6 Å². The molecule has 2 N–H and O–H groups in total. The molecule has 29 heavy (non-hydrogen) atoms. The number of para-hydroxylation sites is 1. The fourth-order valence-corrected chi connectivity index (χ4v) is 3.03. The number of anilines is 1. The second kappa shape index (κ2) is 8.52. The van der Waals surface area contributed by atoms with Gasteiger partial charge in [-0.3, -0.25) is 13.9 Å². The molecule has 0 fully saturated rings. The minimum Gasteiger partial charge on any atom is -0.491 e. The highest BCUT2D eigenvalue weighted by Crippen LogP contribution is 2.18. The Morgan fingerprint density at radius 1 is 1.17 bits per heavy atom. The predicted molar refractivity (Wildman–Crippen MR) is 112 cm³/mol. The zero-order valence-electron chi connectivity index (χ0n) is 17.1. The van der Waals surface area contributed by atoms with Gasteiger partial charge in [0.1, 0.15) is 18.5 Å². The van der Waals surface area contributed by atoms with Gasteiger partial charge in [-0.05, 0) is 25.5 Å². The van der Waals surface area contributed by atoms with Crippen molar-refractivity contribution in [3.63, 3.8) is 0 Å². The van der Waals surface area contributed by atoms with E-state index in [1.807, 2.05) is 32.0 Å². The van der Waals surface area contributed by atoms with Crippen LogP contribution < -0.4 is 21.3 Å². The number of benzene rings is 1. The summed E-state index contributed by atoms with van der Waals surface area (Å²) in [5, 5.41) is 13.8. The third-order valence-corrected chi connectivity index (χ3v) is 4.91. The Morgan fingerprint density at radius 3 is 2.52 bits per heavy atom. The molecule has 3 aromatic rings. The Labute approximate surface area is 168 Å². The van der Waals surface area contributed by atoms with Crippen molar-refractivity contribution in [2.24, 2.45) is 14.1 Å². The lowest BCUT2D eigenvalue weighted by Gasteiger charge is -2.18. The van der Waals surface area contributed by atoms with Gasteiger partial charge in [0.2, 0.25) is 5.95 Å². The number of hydrogen-bond donors (Lipinski definition) is 2. The quantitative estimate of drug-likeness (QED) is 0.586. The van der Waals surface area contributed by atoms with Crippen LogP contribution in [0, 0.1) is 0 Å². The molecule has 0 unspecified atom stereocenters. The number of imidazole rings is 1. The molecule has 2 atom stereocenters. The zero-order valence-corrected chi connectivity index (χ0v) is 17.1. The van der Waals surface area contributed by atoms with Gasteiger partial charge in [-0.2, -0.15) is 4.98 Å². The Balaban J connectivity index is 1.98. The lowest BCUT2D eigenvalue weighted by atomic mass is 10.3. The summed E-state index contributed by atoms with van der Waals surface area (Å²) >= 11 is 0. The van der Waals surface area contributed by atoms with Gasteiger partial charge in [0.15, 0.2) is 11.2 Å². The van der Waals surface area contributed by atoms with E-state index in [0.29, 0.717) is 11.7 Å². The van der Waals surface area contributed by atoms with Crippen LogP contribution in [0.4, 0.5) is 5.95 Å². The van der Waals surface area contributed by atoms with Crippen LogP contribution in [0.3, 0.4) is 0 Å². The van der Waals surface area contributed by atoms with Gasteiger partial charge in [0.25, 0.3) is 5.56 Å². The molecule has 2 heterocycles. The lowest BCUT2D eigenvalue weighted by molar-refractivity contribution is 0.0938. The van der Waals surface area contributed by atoms with Crippen molar-refractivity contribution in [2.75, 3.05) is 11.9 Å². The van der Waals surface area contributed by atoms with Gasteiger partial charge >= 0.3 is 5.69 Å². The van der Waals surface area contributed by atoms with E-state index >= 15 is 0 Å². The minimum absolute atomic E-state index is 0.0541. The molecule has 0 bridgehead atoms. The van der Waals surface area contributed by atoms with E-state index in [1.165, 1.54) is 11.6 Å². The maximum atomic E-state index is 12.8. The third-order valence-electron chi connectivity index (χ3n) is 4.91. The topological polar surface area (TPSA) is 103 Å². The molecule has 1 aromatic carbocycles. The monoisotopic (exact) mass is 401 g/mol. The summed E-state index contributed by atoms with van der Waals surface area (Å²) in [5.74, 6) is 1.09. The molecule has 0 saturated heterocycles.